The van der Waals surface area contributed by atoms with Crippen LogP contribution in [-0.4, -0.2) is 29.1 Å². The van der Waals surface area contributed by atoms with Crippen molar-refractivity contribution in [2.45, 2.75) is 32.4 Å². The highest BCUT2D eigenvalue weighted by molar-refractivity contribution is 6.33. The topological polar surface area (TPSA) is 143 Å². The number of fused-ring (bicyclic) bond motifs is 1. The van der Waals surface area contributed by atoms with Crippen molar-refractivity contribution in [2.75, 3.05) is 7.05 Å². The second-order valence-electron chi connectivity index (χ2n) is 7.80. The summed E-state index contributed by atoms with van der Waals surface area (Å²) in [5, 5.41) is 17.3. The molecular formula is C24H23FN6O2. The molecule has 33 heavy (non-hydrogen) atoms. The quantitative estimate of drug-likeness (QED) is 0.497. The maximum atomic E-state index is 15.4. The number of hydrogen-bond acceptors (Lipinski definition) is 7. The van der Waals surface area contributed by atoms with Gasteiger partial charge in [0, 0.05) is 30.8 Å². The van der Waals surface area contributed by atoms with E-state index >= 15 is 4.39 Å². The van der Waals surface area contributed by atoms with Crippen molar-refractivity contribution in [1.82, 2.24) is 10.2 Å². The Morgan fingerprint density at radius 1 is 1.39 bits per heavy atom. The van der Waals surface area contributed by atoms with Crippen molar-refractivity contribution in [2.24, 2.45) is 16.5 Å². The molecule has 2 aromatic carbocycles. The number of ether oxygens (including phenoxy) is 1. The maximum Gasteiger partial charge on any atom is 0.272 e. The minimum atomic E-state index is -0.573. The number of nitrogens with zero attached hydrogens (tertiary/aromatic N) is 3. The molecule has 1 heterocycles. The summed E-state index contributed by atoms with van der Waals surface area (Å²) in [4.78, 5) is 16.5. The first kappa shape index (κ1) is 22.2. The zero-order chi connectivity index (χ0) is 23.7. The van der Waals surface area contributed by atoms with E-state index in [9.17, 15) is 10.1 Å². The summed E-state index contributed by atoms with van der Waals surface area (Å²) in [5.74, 6) is -0.248. The van der Waals surface area contributed by atoms with Crippen LogP contribution in [0.15, 0.2) is 40.3 Å². The molecule has 1 aliphatic carbocycles. The predicted molar refractivity (Wildman–Crippen MR) is 124 cm³/mol. The number of hydrogen-bond donors (Lipinski definition) is 3. The summed E-state index contributed by atoms with van der Waals surface area (Å²) >= 11 is 0. The van der Waals surface area contributed by atoms with Crippen molar-refractivity contribution < 1.29 is 9.13 Å². The second-order valence-corrected chi connectivity index (χ2v) is 7.80. The smallest absolute Gasteiger partial charge is 0.272 e. The first-order chi connectivity index (χ1) is 15.9. The van der Waals surface area contributed by atoms with E-state index in [1.54, 1.807) is 25.1 Å². The lowest BCUT2D eigenvalue weighted by Crippen LogP contribution is -2.15. The van der Waals surface area contributed by atoms with Crippen molar-refractivity contribution in [1.29, 1.82) is 5.26 Å². The summed E-state index contributed by atoms with van der Waals surface area (Å²) in [5.41, 5.74) is 13.5. The maximum absolute atomic E-state index is 15.4. The molecule has 0 saturated heterocycles. The van der Waals surface area contributed by atoms with Gasteiger partial charge in [0.1, 0.15) is 23.2 Å². The van der Waals surface area contributed by atoms with Gasteiger partial charge in [-0.2, -0.15) is 10.4 Å². The summed E-state index contributed by atoms with van der Waals surface area (Å²) in [7, 11) is 1.50. The molecule has 4 rings (SSSR count). The molecule has 0 unspecified atom stereocenters. The highest BCUT2D eigenvalue weighted by atomic mass is 19.1. The van der Waals surface area contributed by atoms with Gasteiger partial charge in [-0.1, -0.05) is 6.07 Å². The Hall–Kier alpha value is -4.03. The highest BCUT2D eigenvalue weighted by Crippen LogP contribution is 2.35. The molecule has 0 atom stereocenters. The number of benzene rings is 2. The van der Waals surface area contributed by atoms with E-state index in [2.05, 4.69) is 21.3 Å². The normalized spacial score (nSPS) is 14.4. The number of aromatic amines is 1. The minimum Gasteiger partial charge on any atom is -0.489 e. The molecule has 8 nitrogen and oxygen atoms in total. The van der Waals surface area contributed by atoms with Gasteiger partial charge in [0.2, 0.25) is 0 Å². The van der Waals surface area contributed by atoms with Crippen LogP contribution in [0.3, 0.4) is 0 Å². The summed E-state index contributed by atoms with van der Waals surface area (Å²) < 4.78 is 21.3. The van der Waals surface area contributed by atoms with Crippen LogP contribution in [0.1, 0.15) is 40.8 Å². The molecule has 9 heteroatoms. The van der Waals surface area contributed by atoms with E-state index in [1.165, 1.54) is 19.3 Å². The fourth-order valence-electron chi connectivity index (χ4n) is 3.78. The standard InChI is InChI=1S/C24H23FN6O2/c1-12-7-20(33-14-4-5-14)18(10-27)21(22(12)25)23(29-2)17(9-26)13-3-6-15-16(8-13)19(11-28)30-31-24(15)32/h3,6-9,14H,4-5,11,26,28H2,1-2H3,(H,31,32)/b17-9-,29-23?. The average Bonchev–Trinajstić information content (AvgIpc) is 3.64. The number of H-pyrrole nitrogens is 1. The first-order valence-corrected chi connectivity index (χ1v) is 10.4. The lowest BCUT2D eigenvalue weighted by atomic mass is 9.90. The molecule has 3 aromatic rings. The third-order valence-electron chi connectivity index (χ3n) is 5.59. The number of rotatable bonds is 6. The molecule has 168 valence electrons. The van der Waals surface area contributed by atoms with Gasteiger partial charge in [-0.3, -0.25) is 9.79 Å². The molecule has 5 N–H and O–H groups in total. The fraction of sp³-hybridized carbons (Fsp3) is 0.250. The van der Waals surface area contributed by atoms with Gasteiger partial charge in [-0.05, 0) is 49.1 Å². The van der Waals surface area contributed by atoms with E-state index in [0.29, 0.717) is 38.9 Å². The van der Waals surface area contributed by atoms with Crippen molar-refractivity contribution in [3.63, 3.8) is 0 Å². The summed E-state index contributed by atoms with van der Waals surface area (Å²) in [6.07, 6.45) is 3.12. The number of aryl methyl sites for hydroxylation is 1. The van der Waals surface area contributed by atoms with Crippen molar-refractivity contribution in [3.05, 3.63) is 74.6 Å². The van der Waals surface area contributed by atoms with Crippen molar-refractivity contribution >= 4 is 22.1 Å². The molecular weight excluding hydrogens is 423 g/mol. The number of aliphatic imine (C=N–C) groups is 1. The third kappa shape index (κ3) is 3.97. The third-order valence-corrected chi connectivity index (χ3v) is 5.59. The average molecular weight is 446 g/mol. The van der Waals surface area contributed by atoms with E-state index < -0.39 is 5.82 Å². The molecule has 1 fully saturated rings. The zero-order valence-corrected chi connectivity index (χ0v) is 18.3. The molecule has 0 aliphatic heterocycles. The Balaban J connectivity index is 1.91. The van der Waals surface area contributed by atoms with Crippen molar-refractivity contribution in [3.8, 4) is 11.8 Å². The highest BCUT2D eigenvalue weighted by Gasteiger charge is 2.29. The Labute approximate surface area is 189 Å². The first-order valence-electron chi connectivity index (χ1n) is 10.4. The SMILES string of the molecule is CN=C(/C(=C\N)c1ccc2c(=O)[nH]nc(CN)c2c1)c1c(F)c(C)cc(OC2CC2)c1C#N. The van der Waals surface area contributed by atoms with Gasteiger partial charge in [-0.25, -0.2) is 9.49 Å². The number of nitrogens with two attached hydrogens (primary N) is 2. The van der Waals surface area contributed by atoms with E-state index in [4.69, 9.17) is 16.2 Å². The van der Waals surface area contributed by atoms with Gasteiger partial charge in [-0.15, -0.1) is 0 Å². The van der Waals surface area contributed by atoms with E-state index in [-0.39, 0.29) is 35.0 Å². The number of nitrogens with one attached hydrogen (secondary N) is 1. The molecule has 1 aromatic heterocycles. The summed E-state index contributed by atoms with van der Waals surface area (Å²) in [6.45, 7) is 1.72. The zero-order valence-electron chi connectivity index (χ0n) is 18.3. The monoisotopic (exact) mass is 446 g/mol. The predicted octanol–water partition coefficient (Wildman–Crippen LogP) is 2.66. The molecule has 1 aliphatic rings. The molecule has 0 radical (unpaired) electrons. The second kappa shape index (κ2) is 8.84. The lowest BCUT2D eigenvalue weighted by molar-refractivity contribution is 0.301. The summed E-state index contributed by atoms with van der Waals surface area (Å²) in [6, 6.07) is 8.64. The molecule has 1 saturated carbocycles. The van der Waals surface area contributed by atoms with Gasteiger partial charge in [0.05, 0.1) is 28.5 Å². The Bertz CT molecular complexity index is 1410. The van der Waals surface area contributed by atoms with Gasteiger partial charge < -0.3 is 16.2 Å². The molecule has 0 spiro atoms. The van der Waals surface area contributed by atoms with Gasteiger partial charge >= 0.3 is 0 Å². The minimum absolute atomic E-state index is 0.0236. The lowest BCUT2D eigenvalue weighted by Gasteiger charge is -2.18. The van der Waals surface area contributed by atoms with Crippen LogP contribution in [0.4, 0.5) is 4.39 Å². The van der Waals surface area contributed by atoms with E-state index in [1.807, 2.05) is 0 Å². The van der Waals surface area contributed by atoms with Crippen LogP contribution < -0.4 is 21.8 Å². The number of halogens is 1. The van der Waals surface area contributed by atoms with Crippen LogP contribution in [0.5, 0.6) is 5.75 Å². The number of aromatic nitrogens is 2. The number of allylic oxidation sites excluding steroid dienone is 1. The number of nitriles is 1. The largest absolute Gasteiger partial charge is 0.489 e. The fourth-order valence-corrected chi connectivity index (χ4v) is 3.78. The van der Waals surface area contributed by atoms with Crippen LogP contribution in [0, 0.1) is 24.1 Å². The molecule has 0 amide bonds. The van der Waals surface area contributed by atoms with Gasteiger partial charge in [0.25, 0.3) is 5.56 Å². The molecule has 0 bridgehead atoms. The Kier molecular flexibility index (Phi) is 5.94. The van der Waals surface area contributed by atoms with E-state index in [0.717, 1.165) is 12.8 Å². The van der Waals surface area contributed by atoms with Gasteiger partial charge in [0.15, 0.2) is 0 Å². The Morgan fingerprint density at radius 3 is 2.76 bits per heavy atom. The van der Waals surface area contributed by atoms with Crippen LogP contribution >= 0.6 is 0 Å². The van der Waals surface area contributed by atoms with Crippen LogP contribution in [0.2, 0.25) is 0 Å². The van der Waals surface area contributed by atoms with Crippen LogP contribution in [-0.2, 0) is 6.54 Å². The van der Waals surface area contributed by atoms with Crippen LogP contribution in [0.25, 0.3) is 16.3 Å². The Morgan fingerprint density at radius 2 is 2.15 bits per heavy atom.